The van der Waals surface area contributed by atoms with E-state index >= 15 is 0 Å². The molecule has 0 amide bonds. The third kappa shape index (κ3) is 5.72. The molecule has 13 heteroatoms. The van der Waals surface area contributed by atoms with E-state index < -0.39 is 55.3 Å². The van der Waals surface area contributed by atoms with Gasteiger partial charge in [0.25, 0.3) is 0 Å². The summed E-state index contributed by atoms with van der Waals surface area (Å²) in [5.74, 6) is 0.270. The van der Waals surface area contributed by atoms with E-state index in [1.54, 1.807) is 24.3 Å². The van der Waals surface area contributed by atoms with Gasteiger partial charge in [-0.2, -0.15) is 0 Å². The highest BCUT2D eigenvalue weighted by Crippen LogP contribution is 2.28. The van der Waals surface area contributed by atoms with Gasteiger partial charge in [-0.25, -0.2) is 0 Å². The van der Waals surface area contributed by atoms with Crippen LogP contribution in [-0.4, -0.2) is 116 Å². The fourth-order valence-corrected chi connectivity index (χ4v) is 3.37. The summed E-state index contributed by atoms with van der Waals surface area (Å²) in [6, 6.07) is 6.36. The van der Waals surface area contributed by atoms with Crippen LogP contribution in [0.4, 0.5) is 0 Å². The van der Waals surface area contributed by atoms with Crippen LogP contribution in [0.25, 0.3) is 0 Å². The van der Waals surface area contributed by atoms with Gasteiger partial charge in [0.05, 0.1) is 19.8 Å². The topological polar surface area (TPSA) is 205 Å². The number of aliphatic hydroxyl groups is 6. The fourth-order valence-electron chi connectivity index (χ4n) is 3.37. The van der Waals surface area contributed by atoms with Crippen LogP contribution in [0.2, 0.25) is 0 Å². The summed E-state index contributed by atoms with van der Waals surface area (Å²) in [6.07, 6.45) is -9.86. The van der Waals surface area contributed by atoms with E-state index in [1.165, 1.54) is 0 Å². The maximum absolute atomic E-state index is 10.6. The Labute approximate surface area is 183 Å². The molecule has 2 aliphatic heterocycles. The number of hydrogen-bond acceptors (Lipinski definition) is 13. The normalized spacial score (nSPS) is 37.7. The van der Waals surface area contributed by atoms with E-state index in [2.05, 4.69) is 0 Å². The summed E-state index contributed by atoms with van der Waals surface area (Å²) in [7, 11) is 0. The summed E-state index contributed by atoms with van der Waals surface area (Å²) in [4.78, 5) is 0. The van der Waals surface area contributed by atoms with Crippen molar-refractivity contribution in [3.8, 4) is 5.75 Å². The molecule has 182 valence electrons. The van der Waals surface area contributed by atoms with Crippen molar-refractivity contribution < 1.29 is 54.8 Å². The number of aliphatic hydroxyl groups excluding tert-OH is 5. The number of nitrogens with zero attached hydrogens (tertiary/aromatic N) is 1. The van der Waals surface area contributed by atoms with E-state index in [0.717, 1.165) is 5.56 Å². The summed E-state index contributed by atoms with van der Waals surface area (Å²) in [6.45, 7) is -1.60. The maximum Gasteiger partial charge on any atom is 0.229 e. The Hall–Kier alpha value is -1.46. The first-order valence-corrected chi connectivity index (χ1v) is 9.98. The van der Waals surface area contributed by atoms with Gasteiger partial charge in [0.2, 0.25) is 6.29 Å². The molecule has 2 heterocycles. The van der Waals surface area contributed by atoms with Gasteiger partial charge in [0.1, 0.15) is 41.9 Å². The zero-order valence-electron chi connectivity index (χ0n) is 17.0. The van der Waals surface area contributed by atoms with Gasteiger partial charge in [0, 0.05) is 6.54 Å². The van der Waals surface area contributed by atoms with Crippen molar-refractivity contribution in [1.29, 1.82) is 0 Å². The summed E-state index contributed by atoms with van der Waals surface area (Å²) < 4.78 is 21.6. The lowest BCUT2D eigenvalue weighted by Gasteiger charge is -2.40. The Morgan fingerprint density at radius 2 is 1.75 bits per heavy atom. The van der Waals surface area contributed by atoms with Crippen LogP contribution in [0.1, 0.15) is 5.56 Å². The predicted molar refractivity (Wildman–Crippen MR) is 103 cm³/mol. The van der Waals surface area contributed by atoms with Crippen molar-refractivity contribution in [3.05, 3.63) is 35.0 Å². The van der Waals surface area contributed by atoms with Crippen molar-refractivity contribution in [2.75, 3.05) is 26.4 Å². The molecule has 0 bridgehead atoms. The molecule has 2 aliphatic rings. The molecule has 1 aromatic rings. The number of benzene rings is 1. The Morgan fingerprint density at radius 1 is 1.06 bits per heavy atom. The fraction of sp³-hybridized carbons (Fsp3) is 0.684. The second-order valence-corrected chi connectivity index (χ2v) is 7.82. The van der Waals surface area contributed by atoms with Crippen molar-refractivity contribution in [2.45, 2.75) is 55.1 Å². The van der Waals surface area contributed by atoms with Gasteiger partial charge < -0.3 is 60.0 Å². The summed E-state index contributed by atoms with van der Waals surface area (Å²) >= 11 is 0. The molecule has 0 radical (unpaired) electrons. The maximum atomic E-state index is 10.6. The minimum absolute atomic E-state index is 0.106. The molecular formula is C19H28NO12-. The molecule has 0 aromatic heterocycles. The van der Waals surface area contributed by atoms with Crippen LogP contribution in [-0.2, 0) is 20.6 Å². The number of hydrogen-bond donors (Lipinski definition) is 7. The van der Waals surface area contributed by atoms with Crippen LogP contribution >= 0.6 is 0 Å². The monoisotopic (exact) mass is 462 g/mol. The van der Waals surface area contributed by atoms with Gasteiger partial charge in [-0.05, 0) is 24.1 Å². The highest BCUT2D eigenvalue weighted by Gasteiger charge is 2.50. The van der Waals surface area contributed by atoms with E-state index in [1.807, 2.05) is 0 Å². The Balaban J connectivity index is 1.58. The van der Waals surface area contributed by atoms with Gasteiger partial charge in [-0.15, -0.1) is 0 Å². The zero-order chi connectivity index (χ0) is 23.5. The second kappa shape index (κ2) is 10.6. The van der Waals surface area contributed by atoms with Crippen LogP contribution in [0.3, 0.4) is 0 Å². The molecule has 0 aliphatic carbocycles. The summed E-state index contributed by atoms with van der Waals surface area (Å²) in [5.41, 5.74) is -1.13. The SMILES string of the molecule is [O-]N(O)CCc1ccc(OC2OC(COC3OCC(O)(CO)C3O)C(O)C(O)C2O)cc1. The first kappa shape index (κ1) is 25.2. The van der Waals surface area contributed by atoms with Crippen molar-refractivity contribution in [1.82, 2.24) is 5.23 Å². The molecule has 0 saturated carbocycles. The average molecular weight is 462 g/mol. The molecule has 8 unspecified atom stereocenters. The first-order valence-electron chi connectivity index (χ1n) is 9.98. The third-order valence-electron chi connectivity index (χ3n) is 5.44. The minimum Gasteiger partial charge on any atom is -0.762 e. The zero-order valence-corrected chi connectivity index (χ0v) is 17.0. The molecule has 1 aromatic carbocycles. The van der Waals surface area contributed by atoms with Crippen LogP contribution in [0.15, 0.2) is 24.3 Å². The van der Waals surface area contributed by atoms with Crippen molar-refractivity contribution >= 4 is 0 Å². The molecule has 2 saturated heterocycles. The van der Waals surface area contributed by atoms with E-state index in [9.17, 15) is 30.7 Å². The molecule has 32 heavy (non-hydrogen) atoms. The van der Waals surface area contributed by atoms with E-state index in [0.29, 0.717) is 6.42 Å². The Morgan fingerprint density at radius 3 is 2.34 bits per heavy atom. The molecule has 8 atom stereocenters. The largest absolute Gasteiger partial charge is 0.762 e. The van der Waals surface area contributed by atoms with Gasteiger partial charge in [-0.3, -0.25) is 5.23 Å². The highest BCUT2D eigenvalue weighted by atomic mass is 16.8. The minimum atomic E-state index is -1.88. The van der Waals surface area contributed by atoms with Crippen molar-refractivity contribution in [3.63, 3.8) is 0 Å². The lowest BCUT2D eigenvalue weighted by Crippen LogP contribution is -2.60. The van der Waals surface area contributed by atoms with Gasteiger partial charge >= 0.3 is 0 Å². The number of ether oxygens (including phenoxy) is 4. The number of rotatable bonds is 9. The van der Waals surface area contributed by atoms with Crippen LogP contribution in [0.5, 0.6) is 5.75 Å². The molecule has 0 spiro atoms. The molecule has 2 fully saturated rings. The van der Waals surface area contributed by atoms with E-state index in [4.69, 9.17) is 29.3 Å². The predicted octanol–water partition coefficient (Wildman–Crippen LogP) is -2.94. The standard InChI is InChI=1S/C19H28NO12/c21-8-19(26)9-30-18(16(19)25)29-7-12-13(22)14(23)15(24)17(32-12)31-11-3-1-10(2-4-11)5-6-20(27)28/h1-4,12-18,21-27H,5-9H2/q-1. The van der Waals surface area contributed by atoms with Gasteiger partial charge in [-0.1, -0.05) is 12.1 Å². The summed E-state index contributed by atoms with van der Waals surface area (Å²) in [5, 5.41) is 78.8. The van der Waals surface area contributed by atoms with Crippen molar-refractivity contribution in [2.24, 2.45) is 0 Å². The molecule has 3 rings (SSSR count). The third-order valence-corrected chi connectivity index (χ3v) is 5.44. The van der Waals surface area contributed by atoms with E-state index in [-0.39, 0.29) is 30.7 Å². The molecule has 13 nitrogen and oxygen atoms in total. The molecular weight excluding hydrogens is 434 g/mol. The first-order chi connectivity index (χ1) is 15.1. The Bertz CT molecular complexity index is 721. The second-order valence-electron chi connectivity index (χ2n) is 7.82. The quantitative estimate of drug-likeness (QED) is 0.184. The van der Waals surface area contributed by atoms with Gasteiger partial charge in [0.15, 0.2) is 6.29 Å². The lowest BCUT2D eigenvalue weighted by molar-refractivity contribution is -0.289. The molecule has 7 N–H and O–H groups in total. The van der Waals surface area contributed by atoms with Crippen LogP contribution < -0.4 is 4.74 Å². The Kier molecular flexibility index (Phi) is 8.37. The average Bonchev–Trinajstić information content (AvgIpc) is 3.07. The lowest BCUT2D eigenvalue weighted by atomic mass is 9.99. The smallest absolute Gasteiger partial charge is 0.229 e. The van der Waals surface area contributed by atoms with Crippen LogP contribution in [0, 0.1) is 5.21 Å². The highest BCUT2D eigenvalue weighted by molar-refractivity contribution is 5.27. The number of hydroxylamine groups is 2.